The number of rotatable bonds is 8. The van der Waals surface area contributed by atoms with Gasteiger partial charge in [0, 0.05) is 43.4 Å². The van der Waals surface area contributed by atoms with Gasteiger partial charge in [0.1, 0.15) is 5.75 Å². The van der Waals surface area contributed by atoms with Gasteiger partial charge in [0.25, 0.3) is 0 Å². The van der Waals surface area contributed by atoms with Crippen molar-refractivity contribution in [3.05, 3.63) is 36.0 Å². The Hall–Kier alpha value is -1.90. The predicted octanol–water partition coefficient (Wildman–Crippen LogP) is 2.60. The maximum atomic E-state index is 12.0. The number of aryl methyl sites for hydroxylation is 1. The van der Waals surface area contributed by atoms with Crippen LogP contribution in [0.1, 0.15) is 37.8 Å². The molecule has 3 aliphatic rings. The lowest BCUT2D eigenvalue weighted by molar-refractivity contribution is 0.0306. The summed E-state index contributed by atoms with van der Waals surface area (Å²) in [6.07, 6.45) is 2.83. The van der Waals surface area contributed by atoms with Gasteiger partial charge in [-0.25, -0.2) is 13.1 Å². The van der Waals surface area contributed by atoms with Gasteiger partial charge in [-0.3, -0.25) is 9.58 Å². The lowest BCUT2D eigenvalue weighted by atomic mass is 9.74. The molecule has 5 rings (SSSR count). The zero-order chi connectivity index (χ0) is 21.3. The molecule has 2 bridgehead atoms. The van der Waals surface area contributed by atoms with E-state index in [1.54, 1.807) is 7.11 Å². The highest BCUT2D eigenvalue weighted by Gasteiger charge is 2.42. The fraction of sp³-hybridized carbons (Fsp3) is 0.591. The van der Waals surface area contributed by atoms with Crippen LogP contribution in [-0.2, 0) is 17.1 Å². The number of sulfonamides is 1. The normalized spacial score (nSPS) is 26.1. The van der Waals surface area contributed by atoms with Crippen LogP contribution in [0, 0.1) is 5.92 Å². The fourth-order valence-electron chi connectivity index (χ4n) is 4.98. The molecule has 3 saturated heterocycles. The molecule has 0 radical (unpaired) electrons. The first kappa shape index (κ1) is 21.3. The summed E-state index contributed by atoms with van der Waals surface area (Å²) in [5, 5.41) is 4.77. The van der Waals surface area contributed by atoms with Crippen molar-refractivity contribution in [3.8, 4) is 17.0 Å². The minimum Gasteiger partial charge on any atom is -0.497 e. The summed E-state index contributed by atoms with van der Waals surface area (Å²) in [4.78, 5) is 2.46. The van der Waals surface area contributed by atoms with E-state index in [4.69, 9.17) is 9.84 Å². The summed E-state index contributed by atoms with van der Waals surface area (Å²) in [6.45, 7) is 4.43. The molecule has 3 fully saturated rings. The summed E-state index contributed by atoms with van der Waals surface area (Å²) in [5.74, 6) is 2.05. The molecule has 0 spiro atoms. The second-order valence-corrected chi connectivity index (χ2v) is 10.4. The number of hydrogen-bond donors (Lipinski definition) is 1. The smallest absolute Gasteiger partial charge is 0.211 e. The Kier molecular flexibility index (Phi) is 6.18. The summed E-state index contributed by atoms with van der Waals surface area (Å²) < 4.78 is 34.2. The van der Waals surface area contributed by atoms with E-state index in [1.165, 1.54) is 5.69 Å². The van der Waals surface area contributed by atoms with Crippen LogP contribution >= 0.6 is 0 Å². The molecule has 4 atom stereocenters. The van der Waals surface area contributed by atoms with Crippen molar-refractivity contribution >= 4 is 10.0 Å². The minimum atomic E-state index is -3.15. The number of hydrogen-bond acceptors (Lipinski definition) is 5. The molecule has 3 aliphatic heterocycles. The van der Waals surface area contributed by atoms with E-state index in [9.17, 15) is 8.42 Å². The summed E-state index contributed by atoms with van der Waals surface area (Å²) in [5.41, 5.74) is 3.33. The predicted molar refractivity (Wildman–Crippen MR) is 118 cm³/mol. The molecule has 4 heterocycles. The highest BCUT2D eigenvalue weighted by molar-refractivity contribution is 7.89. The van der Waals surface area contributed by atoms with Crippen LogP contribution in [0.4, 0.5) is 0 Å². The molecular formula is C22H32N4O3S. The second kappa shape index (κ2) is 8.69. The van der Waals surface area contributed by atoms with Crippen molar-refractivity contribution in [1.82, 2.24) is 19.4 Å². The van der Waals surface area contributed by atoms with Crippen LogP contribution in [0.5, 0.6) is 5.75 Å². The van der Waals surface area contributed by atoms with E-state index < -0.39 is 10.0 Å². The number of benzene rings is 1. The molecule has 1 N–H and O–H groups in total. The zero-order valence-electron chi connectivity index (χ0n) is 18.0. The van der Waals surface area contributed by atoms with Crippen LogP contribution in [0.25, 0.3) is 11.3 Å². The van der Waals surface area contributed by atoms with Crippen LogP contribution in [0.15, 0.2) is 30.3 Å². The standard InChI is InChI=1S/C22H32N4O3S/c1-4-11-30(27,28)23-14-18-12-17-9-10-26(18)15-20(17)22-13-21(24-25(22)2)16-5-7-19(29-3)8-6-16/h5-8,13,17-18,20,23H,4,9-12,14-15H2,1-3H3. The molecule has 1 aromatic heterocycles. The Labute approximate surface area is 179 Å². The third-order valence-electron chi connectivity index (χ3n) is 6.57. The van der Waals surface area contributed by atoms with Gasteiger partial charge in [0.15, 0.2) is 0 Å². The number of aromatic nitrogens is 2. The summed E-state index contributed by atoms with van der Waals surface area (Å²) in [7, 11) is 0.542. The largest absolute Gasteiger partial charge is 0.497 e. The average Bonchev–Trinajstić information content (AvgIpc) is 3.14. The maximum absolute atomic E-state index is 12.0. The molecular weight excluding hydrogens is 400 g/mol. The van der Waals surface area contributed by atoms with Crippen LogP contribution in [0.3, 0.4) is 0 Å². The quantitative estimate of drug-likeness (QED) is 0.694. The summed E-state index contributed by atoms with van der Waals surface area (Å²) in [6, 6.07) is 10.5. The number of methoxy groups -OCH3 is 1. The highest BCUT2D eigenvalue weighted by atomic mass is 32.2. The molecule has 1 aromatic carbocycles. The van der Waals surface area contributed by atoms with Gasteiger partial charge in [-0.15, -0.1) is 0 Å². The number of nitrogens with zero attached hydrogens (tertiary/aromatic N) is 3. The van der Waals surface area contributed by atoms with Crippen LogP contribution in [0.2, 0.25) is 0 Å². The monoisotopic (exact) mass is 432 g/mol. The van der Waals surface area contributed by atoms with Gasteiger partial charge < -0.3 is 4.74 Å². The maximum Gasteiger partial charge on any atom is 0.211 e. The fourth-order valence-corrected chi connectivity index (χ4v) is 6.11. The molecule has 30 heavy (non-hydrogen) atoms. The highest BCUT2D eigenvalue weighted by Crippen LogP contribution is 2.42. The van der Waals surface area contributed by atoms with Gasteiger partial charge in [-0.05, 0) is 62.1 Å². The van der Waals surface area contributed by atoms with E-state index in [0.29, 0.717) is 30.8 Å². The first-order valence-electron chi connectivity index (χ1n) is 10.8. The van der Waals surface area contributed by atoms with Crippen molar-refractivity contribution in [2.45, 2.75) is 38.1 Å². The molecule has 4 unspecified atom stereocenters. The van der Waals surface area contributed by atoms with Gasteiger partial charge in [0.05, 0.1) is 18.6 Å². The Morgan fingerprint density at radius 1 is 1.27 bits per heavy atom. The number of fused-ring (bicyclic) bond motifs is 3. The Morgan fingerprint density at radius 2 is 2.03 bits per heavy atom. The van der Waals surface area contributed by atoms with Gasteiger partial charge in [0.2, 0.25) is 10.0 Å². The molecule has 0 amide bonds. The average molecular weight is 433 g/mol. The third-order valence-corrected chi connectivity index (χ3v) is 8.12. The first-order chi connectivity index (χ1) is 14.4. The summed E-state index contributed by atoms with van der Waals surface area (Å²) >= 11 is 0. The molecule has 0 saturated carbocycles. The zero-order valence-corrected chi connectivity index (χ0v) is 18.9. The number of ether oxygens (including phenoxy) is 1. The van der Waals surface area contributed by atoms with E-state index in [0.717, 1.165) is 42.9 Å². The molecule has 164 valence electrons. The lowest BCUT2D eigenvalue weighted by Crippen LogP contribution is -2.56. The SMILES string of the molecule is CCCS(=O)(=O)NCC1CC2CCN1CC2c1cc(-c2ccc(OC)cc2)nn1C. The Bertz CT molecular complexity index is 971. The minimum absolute atomic E-state index is 0.203. The van der Waals surface area contributed by atoms with E-state index in [1.807, 2.05) is 42.9 Å². The molecule has 0 aliphatic carbocycles. The van der Waals surface area contributed by atoms with Crippen LogP contribution < -0.4 is 9.46 Å². The van der Waals surface area contributed by atoms with Gasteiger partial charge >= 0.3 is 0 Å². The van der Waals surface area contributed by atoms with Gasteiger partial charge in [-0.1, -0.05) is 6.92 Å². The molecule has 8 heteroatoms. The Balaban J connectivity index is 1.46. The van der Waals surface area contributed by atoms with Crippen molar-refractivity contribution in [3.63, 3.8) is 0 Å². The van der Waals surface area contributed by atoms with Gasteiger partial charge in [-0.2, -0.15) is 5.10 Å². The van der Waals surface area contributed by atoms with Crippen molar-refractivity contribution < 1.29 is 13.2 Å². The van der Waals surface area contributed by atoms with Crippen molar-refractivity contribution in [1.29, 1.82) is 0 Å². The van der Waals surface area contributed by atoms with Crippen molar-refractivity contribution in [2.75, 3.05) is 32.5 Å². The first-order valence-corrected chi connectivity index (χ1v) is 12.4. The number of nitrogens with one attached hydrogen (secondary N) is 1. The second-order valence-electron chi connectivity index (χ2n) is 8.51. The molecule has 2 aromatic rings. The topological polar surface area (TPSA) is 76.5 Å². The van der Waals surface area contributed by atoms with Crippen LogP contribution in [-0.4, -0.2) is 61.6 Å². The Morgan fingerprint density at radius 3 is 2.67 bits per heavy atom. The van der Waals surface area contributed by atoms with Crippen molar-refractivity contribution in [2.24, 2.45) is 13.0 Å². The number of piperidine rings is 3. The lowest BCUT2D eigenvalue weighted by Gasteiger charge is -2.49. The van der Waals surface area contributed by atoms with E-state index >= 15 is 0 Å². The molecule has 7 nitrogen and oxygen atoms in total. The van der Waals surface area contributed by atoms with E-state index in [-0.39, 0.29) is 5.75 Å². The van der Waals surface area contributed by atoms with E-state index in [2.05, 4.69) is 15.7 Å². The third kappa shape index (κ3) is 4.40.